The molecule has 0 atom stereocenters. The number of anilines is 1. The van der Waals surface area contributed by atoms with Gasteiger partial charge in [-0.3, -0.25) is 9.78 Å². The molecule has 0 saturated carbocycles. The van der Waals surface area contributed by atoms with Gasteiger partial charge in [-0.05, 0) is 30.3 Å². The number of methoxy groups -OCH3 is 1. The number of hydrogen-bond acceptors (Lipinski definition) is 3. The van der Waals surface area contributed by atoms with Gasteiger partial charge in [0, 0.05) is 17.1 Å². The molecule has 0 unspecified atom stereocenters. The van der Waals surface area contributed by atoms with E-state index < -0.39 is 0 Å². The molecule has 4 heteroatoms. The van der Waals surface area contributed by atoms with Gasteiger partial charge in [-0.2, -0.15) is 0 Å². The summed E-state index contributed by atoms with van der Waals surface area (Å²) in [4.78, 5) is 16.7. The number of carbonyl (C=O) groups excluding carboxylic acids is 1. The molecule has 21 heavy (non-hydrogen) atoms. The Bertz CT molecular complexity index is 785. The number of nitrogens with one attached hydrogen (secondary N) is 1. The summed E-state index contributed by atoms with van der Waals surface area (Å²) in [6.07, 6.45) is 1.69. The van der Waals surface area contributed by atoms with Gasteiger partial charge < -0.3 is 10.1 Å². The second kappa shape index (κ2) is 5.63. The van der Waals surface area contributed by atoms with E-state index in [1.165, 1.54) is 0 Å². The van der Waals surface area contributed by atoms with Crippen LogP contribution < -0.4 is 10.1 Å². The fourth-order valence-corrected chi connectivity index (χ4v) is 2.19. The Labute approximate surface area is 122 Å². The first kappa shape index (κ1) is 13.1. The minimum absolute atomic E-state index is 0.188. The summed E-state index contributed by atoms with van der Waals surface area (Å²) in [5.41, 5.74) is 1.89. The van der Waals surface area contributed by atoms with Crippen LogP contribution in [0.1, 0.15) is 10.4 Å². The molecule has 3 rings (SSSR count). The molecule has 2 aromatic carbocycles. The number of aromatic nitrogens is 1. The number of amides is 1. The fourth-order valence-electron chi connectivity index (χ4n) is 2.19. The Kier molecular flexibility index (Phi) is 3.51. The van der Waals surface area contributed by atoms with Crippen LogP contribution in [0.4, 0.5) is 5.69 Å². The highest BCUT2D eigenvalue weighted by Crippen LogP contribution is 2.32. The van der Waals surface area contributed by atoms with Gasteiger partial charge in [-0.15, -0.1) is 0 Å². The number of pyridine rings is 1. The van der Waals surface area contributed by atoms with Gasteiger partial charge in [0.25, 0.3) is 5.91 Å². The first-order chi connectivity index (χ1) is 10.3. The van der Waals surface area contributed by atoms with Crippen molar-refractivity contribution in [3.63, 3.8) is 0 Å². The summed E-state index contributed by atoms with van der Waals surface area (Å²) in [5, 5.41) is 3.84. The number of nitrogens with zero attached hydrogens (tertiary/aromatic N) is 1. The molecular formula is C17H14N2O2. The molecule has 0 bridgehead atoms. The quantitative estimate of drug-likeness (QED) is 0.797. The van der Waals surface area contributed by atoms with Gasteiger partial charge in [0.05, 0.1) is 12.6 Å². The van der Waals surface area contributed by atoms with E-state index in [0.717, 1.165) is 5.39 Å². The second-order valence-electron chi connectivity index (χ2n) is 4.54. The largest absolute Gasteiger partial charge is 0.494 e. The first-order valence-electron chi connectivity index (χ1n) is 6.58. The summed E-state index contributed by atoms with van der Waals surface area (Å²) in [6, 6.07) is 16.6. The third-order valence-corrected chi connectivity index (χ3v) is 3.23. The number of benzene rings is 2. The monoisotopic (exact) mass is 278 g/mol. The first-order valence-corrected chi connectivity index (χ1v) is 6.58. The van der Waals surface area contributed by atoms with E-state index in [1.807, 2.05) is 42.5 Å². The van der Waals surface area contributed by atoms with E-state index in [2.05, 4.69) is 10.3 Å². The van der Waals surface area contributed by atoms with Crippen LogP contribution in [0.5, 0.6) is 5.75 Å². The summed E-state index contributed by atoms with van der Waals surface area (Å²) in [5.74, 6) is 0.400. The van der Waals surface area contributed by atoms with Crippen molar-refractivity contribution >= 4 is 22.5 Å². The lowest BCUT2D eigenvalue weighted by molar-refractivity contribution is 0.102. The molecule has 0 aliphatic rings. The van der Waals surface area contributed by atoms with Crippen molar-refractivity contribution in [1.29, 1.82) is 0 Å². The topological polar surface area (TPSA) is 51.2 Å². The fraction of sp³-hybridized carbons (Fsp3) is 0.0588. The zero-order chi connectivity index (χ0) is 14.7. The molecule has 0 radical (unpaired) electrons. The van der Waals surface area contributed by atoms with Crippen molar-refractivity contribution < 1.29 is 9.53 Å². The number of carbonyl (C=O) groups is 1. The number of rotatable bonds is 3. The standard InChI is InChI=1S/C17H14N2O2/c1-21-14-10-9-12-8-5-11-18-15(12)16(14)19-17(20)13-6-3-2-4-7-13/h2-11H,1H3,(H,19,20). The highest BCUT2D eigenvalue weighted by atomic mass is 16.5. The molecule has 0 aliphatic carbocycles. The van der Waals surface area contributed by atoms with Crippen molar-refractivity contribution in [3.05, 3.63) is 66.4 Å². The molecular weight excluding hydrogens is 264 g/mol. The zero-order valence-electron chi connectivity index (χ0n) is 11.5. The van der Waals surface area contributed by atoms with Gasteiger partial charge in [0.1, 0.15) is 11.4 Å². The maximum atomic E-state index is 12.3. The van der Waals surface area contributed by atoms with Gasteiger partial charge in [0.2, 0.25) is 0 Å². The number of hydrogen-bond donors (Lipinski definition) is 1. The Morgan fingerprint density at radius 2 is 1.86 bits per heavy atom. The van der Waals surface area contributed by atoms with E-state index in [-0.39, 0.29) is 5.91 Å². The minimum atomic E-state index is -0.188. The molecule has 1 heterocycles. The van der Waals surface area contributed by atoms with E-state index in [0.29, 0.717) is 22.5 Å². The van der Waals surface area contributed by atoms with Crippen LogP contribution in [-0.4, -0.2) is 18.0 Å². The summed E-state index contributed by atoms with van der Waals surface area (Å²) in [7, 11) is 1.57. The maximum Gasteiger partial charge on any atom is 0.255 e. The van der Waals surface area contributed by atoms with Crippen LogP contribution in [0.25, 0.3) is 10.9 Å². The van der Waals surface area contributed by atoms with Crippen LogP contribution in [-0.2, 0) is 0 Å². The van der Waals surface area contributed by atoms with Crippen LogP contribution in [0.15, 0.2) is 60.8 Å². The van der Waals surface area contributed by atoms with Crippen molar-refractivity contribution in [1.82, 2.24) is 4.98 Å². The average molecular weight is 278 g/mol. The predicted octanol–water partition coefficient (Wildman–Crippen LogP) is 3.50. The lowest BCUT2D eigenvalue weighted by Gasteiger charge is -2.12. The molecule has 104 valence electrons. The Hall–Kier alpha value is -2.88. The molecule has 1 N–H and O–H groups in total. The second-order valence-corrected chi connectivity index (χ2v) is 4.54. The van der Waals surface area contributed by atoms with Gasteiger partial charge in [0.15, 0.2) is 0 Å². The molecule has 0 saturated heterocycles. The smallest absolute Gasteiger partial charge is 0.255 e. The predicted molar refractivity (Wildman–Crippen MR) is 82.7 cm³/mol. The van der Waals surface area contributed by atoms with Crippen molar-refractivity contribution in [2.75, 3.05) is 12.4 Å². The van der Waals surface area contributed by atoms with Crippen LogP contribution in [0.2, 0.25) is 0 Å². The zero-order valence-corrected chi connectivity index (χ0v) is 11.5. The normalized spacial score (nSPS) is 10.3. The van der Waals surface area contributed by atoms with Crippen LogP contribution >= 0.6 is 0 Å². The molecule has 3 aromatic rings. The van der Waals surface area contributed by atoms with Gasteiger partial charge in [-0.25, -0.2) is 0 Å². The third-order valence-electron chi connectivity index (χ3n) is 3.23. The molecule has 4 nitrogen and oxygen atoms in total. The lowest BCUT2D eigenvalue weighted by Crippen LogP contribution is -2.13. The van der Waals surface area contributed by atoms with E-state index >= 15 is 0 Å². The van der Waals surface area contributed by atoms with Gasteiger partial charge >= 0.3 is 0 Å². The van der Waals surface area contributed by atoms with Crippen LogP contribution in [0.3, 0.4) is 0 Å². The SMILES string of the molecule is COc1ccc2cccnc2c1NC(=O)c1ccccc1. The van der Waals surface area contributed by atoms with Gasteiger partial charge in [-0.1, -0.05) is 24.3 Å². The highest BCUT2D eigenvalue weighted by Gasteiger charge is 2.13. The molecule has 1 amide bonds. The molecule has 0 spiro atoms. The Balaban J connectivity index is 2.05. The van der Waals surface area contributed by atoms with E-state index in [4.69, 9.17) is 4.74 Å². The highest BCUT2D eigenvalue weighted by molar-refractivity contribution is 6.09. The maximum absolute atomic E-state index is 12.3. The number of fused-ring (bicyclic) bond motifs is 1. The van der Waals surface area contributed by atoms with Crippen LogP contribution in [0, 0.1) is 0 Å². The summed E-state index contributed by atoms with van der Waals surface area (Å²) >= 11 is 0. The summed E-state index contributed by atoms with van der Waals surface area (Å²) in [6.45, 7) is 0. The Morgan fingerprint density at radius 3 is 2.62 bits per heavy atom. The number of ether oxygens (including phenoxy) is 1. The average Bonchev–Trinajstić information content (AvgIpc) is 2.56. The molecule has 0 fully saturated rings. The lowest BCUT2D eigenvalue weighted by atomic mass is 10.1. The van der Waals surface area contributed by atoms with Crippen molar-refractivity contribution in [2.45, 2.75) is 0 Å². The van der Waals surface area contributed by atoms with Crippen molar-refractivity contribution in [3.8, 4) is 5.75 Å². The summed E-state index contributed by atoms with van der Waals surface area (Å²) < 4.78 is 5.34. The molecule has 1 aromatic heterocycles. The third kappa shape index (κ3) is 2.56. The minimum Gasteiger partial charge on any atom is -0.494 e. The Morgan fingerprint density at radius 1 is 1.05 bits per heavy atom. The van der Waals surface area contributed by atoms with E-state index in [9.17, 15) is 4.79 Å². The molecule has 0 aliphatic heterocycles. The van der Waals surface area contributed by atoms with Crippen molar-refractivity contribution in [2.24, 2.45) is 0 Å². The van der Waals surface area contributed by atoms with E-state index in [1.54, 1.807) is 25.4 Å².